The van der Waals surface area contributed by atoms with Crippen molar-refractivity contribution < 1.29 is 4.74 Å². The Balaban J connectivity index is 2.72. The van der Waals surface area contributed by atoms with Crippen molar-refractivity contribution in [2.45, 2.75) is 45.4 Å². The topological polar surface area (TPSA) is 9.23 Å². The van der Waals surface area contributed by atoms with Crippen LogP contribution >= 0.6 is 0 Å². The lowest BCUT2D eigenvalue weighted by Gasteiger charge is -2.15. The number of hydrogen-bond donors (Lipinski definition) is 0. The molecule has 1 nitrogen and oxygen atoms in total. The second-order valence-electron chi connectivity index (χ2n) is 3.99. The molecule has 0 aliphatic heterocycles. The van der Waals surface area contributed by atoms with Crippen LogP contribution in [0, 0.1) is 7.11 Å². The predicted octanol–water partition coefficient (Wildman–Crippen LogP) is 4.54. The Morgan fingerprint density at radius 3 is 2.00 bits per heavy atom. The lowest BCUT2D eigenvalue weighted by molar-refractivity contribution is 0.472. The Bertz CT molecular complexity index is 257. The normalized spacial score (nSPS) is 10.7. The van der Waals surface area contributed by atoms with Crippen LogP contribution in [0.2, 0.25) is 0 Å². The summed E-state index contributed by atoms with van der Waals surface area (Å²) in [6.45, 7) is 4.49. The van der Waals surface area contributed by atoms with E-state index in [9.17, 15) is 0 Å². The fourth-order valence-corrected chi connectivity index (χ4v) is 2.01. The van der Waals surface area contributed by atoms with Gasteiger partial charge in [0, 0.05) is 0 Å². The molecule has 0 fully saturated rings. The summed E-state index contributed by atoms with van der Waals surface area (Å²) in [5.74, 6) is 1.55. The summed E-state index contributed by atoms with van der Waals surface area (Å²) < 4.78 is 4.92. The molecule has 0 saturated carbocycles. The SMILES string of the molecule is [CH2]Oc1ccc(C(CCC)CCC)cc1. The zero-order valence-electron chi connectivity index (χ0n) is 9.83. The summed E-state index contributed by atoms with van der Waals surface area (Å²) in [5, 5.41) is 0. The van der Waals surface area contributed by atoms with Crippen molar-refractivity contribution in [3.05, 3.63) is 36.9 Å². The Labute approximate surface area is 93.5 Å². The fraction of sp³-hybridized carbons (Fsp3) is 0.500. The molecule has 0 heterocycles. The molecule has 1 heteroatoms. The van der Waals surface area contributed by atoms with Crippen LogP contribution in [0.15, 0.2) is 24.3 Å². The average molecular weight is 205 g/mol. The highest BCUT2D eigenvalue weighted by atomic mass is 16.5. The van der Waals surface area contributed by atoms with E-state index in [-0.39, 0.29) is 0 Å². The summed E-state index contributed by atoms with van der Waals surface area (Å²) in [7, 11) is 3.40. The molecule has 0 unspecified atom stereocenters. The highest BCUT2D eigenvalue weighted by Gasteiger charge is 2.09. The third-order valence-electron chi connectivity index (χ3n) is 2.79. The molecule has 0 spiro atoms. The van der Waals surface area contributed by atoms with Crippen molar-refractivity contribution in [1.82, 2.24) is 0 Å². The standard InChI is InChI=1S/C14H21O/c1-4-6-12(7-5-2)13-8-10-14(15-3)11-9-13/h8-12H,3-7H2,1-2H3. The molecule has 0 bridgehead atoms. The Morgan fingerprint density at radius 1 is 1.07 bits per heavy atom. The molecule has 1 aromatic carbocycles. The number of hydrogen-bond acceptors (Lipinski definition) is 1. The van der Waals surface area contributed by atoms with E-state index < -0.39 is 0 Å². The zero-order chi connectivity index (χ0) is 11.1. The molecule has 1 aromatic rings. The molecular weight excluding hydrogens is 184 g/mol. The second kappa shape index (κ2) is 6.49. The monoisotopic (exact) mass is 205 g/mol. The molecule has 1 rings (SSSR count). The van der Waals surface area contributed by atoms with Gasteiger partial charge in [-0.05, 0) is 36.5 Å². The zero-order valence-corrected chi connectivity index (χ0v) is 9.83. The quantitative estimate of drug-likeness (QED) is 0.662. The summed E-state index contributed by atoms with van der Waals surface area (Å²) in [6, 6.07) is 8.33. The smallest absolute Gasteiger partial charge is 0.122 e. The van der Waals surface area contributed by atoms with Crippen LogP contribution in [0.1, 0.15) is 51.0 Å². The molecule has 0 atom stereocenters. The van der Waals surface area contributed by atoms with Gasteiger partial charge in [-0.1, -0.05) is 38.8 Å². The van der Waals surface area contributed by atoms with Crippen molar-refractivity contribution in [3.63, 3.8) is 0 Å². The molecule has 15 heavy (non-hydrogen) atoms. The van der Waals surface area contributed by atoms with Gasteiger partial charge in [0.1, 0.15) is 12.9 Å². The predicted molar refractivity (Wildman–Crippen MR) is 65.0 cm³/mol. The number of benzene rings is 1. The van der Waals surface area contributed by atoms with Crippen LogP contribution in [0.25, 0.3) is 0 Å². The first kappa shape index (κ1) is 12.1. The van der Waals surface area contributed by atoms with E-state index >= 15 is 0 Å². The van der Waals surface area contributed by atoms with Crippen LogP contribution < -0.4 is 4.74 Å². The third-order valence-corrected chi connectivity index (χ3v) is 2.79. The van der Waals surface area contributed by atoms with Gasteiger partial charge in [0.2, 0.25) is 0 Å². The lowest BCUT2D eigenvalue weighted by Crippen LogP contribution is -1.98. The minimum atomic E-state index is 0.707. The first-order valence-corrected chi connectivity index (χ1v) is 5.83. The van der Waals surface area contributed by atoms with E-state index in [1.807, 2.05) is 12.1 Å². The second-order valence-corrected chi connectivity index (χ2v) is 3.99. The molecule has 0 aromatic heterocycles. The van der Waals surface area contributed by atoms with E-state index in [0.29, 0.717) is 5.92 Å². The molecule has 0 N–H and O–H groups in total. The van der Waals surface area contributed by atoms with Gasteiger partial charge in [-0.2, -0.15) is 0 Å². The van der Waals surface area contributed by atoms with Crippen molar-refractivity contribution in [1.29, 1.82) is 0 Å². The molecule has 0 amide bonds. The van der Waals surface area contributed by atoms with Crippen LogP contribution in [0.4, 0.5) is 0 Å². The number of rotatable bonds is 6. The van der Waals surface area contributed by atoms with E-state index in [2.05, 4.69) is 33.1 Å². The van der Waals surface area contributed by atoms with Gasteiger partial charge >= 0.3 is 0 Å². The summed E-state index contributed by atoms with van der Waals surface area (Å²) in [5.41, 5.74) is 1.43. The molecule has 0 aliphatic rings. The van der Waals surface area contributed by atoms with Crippen LogP contribution in [0.3, 0.4) is 0 Å². The van der Waals surface area contributed by atoms with Gasteiger partial charge in [0.15, 0.2) is 0 Å². The van der Waals surface area contributed by atoms with Crippen molar-refractivity contribution in [2.75, 3.05) is 0 Å². The van der Waals surface area contributed by atoms with Crippen molar-refractivity contribution >= 4 is 0 Å². The fourth-order valence-electron chi connectivity index (χ4n) is 2.01. The average Bonchev–Trinajstić information content (AvgIpc) is 2.29. The van der Waals surface area contributed by atoms with Gasteiger partial charge in [0.05, 0.1) is 0 Å². The van der Waals surface area contributed by atoms with Gasteiger partial charge in [-0.25, -0.2) is 0 Å². The van der Waals surface area contributed by atoms with Gasteiger partial charge in [0.25, 0.3) is 0 Å². The highest BCUT2D eigenvalue weighted by Crippen LogP contribution is 2.27. The third kappa shape index (κ3) is 3.58. The largest absolute Gasteiger partial charge is 0.490 e. The van der Waals surface area contributed by atoms with Gasteiger partial charge in [-0.3, -0.25) is 0 Å². The van der Waals surface area contributed by atoms with E-state index in [4.69, 9.17) is 4.74 Å². The van der Waals surface area contributed by atoms with E-state index in [1.165, 1.54) is 31.2 Å². The molecule has 1 radical (unpaired) electrons. The Kier molecular flexibility index (Phi) is 5.23. The highest BCUT2D eigenvalue weighted by molar-refractivity contribution is 5.29. The van der Waals surface area contributed by atoms with E-state index in [1.54, 1.807) is 0 Å². The minimum Gasteiger partial charge on any atom is -0.490 e. The maximum absolute atomic E-state index is 4.92. The molecule has 0 saturated heterocycles. The van der Waals surface area contributed by atoms with Crippen molar-refractivity contribution in [2.24, 2.45) is 0 Å². The maximum Gasteiger partial charge on any atom is 0.122 e. The van der Waals surface area contributed by atoms with Crippen LogP contribution in [-0.4, -0.2) is 0 Å². The number of ether oxygens (including phenoxy) is 1. The van der Waals surface area contributed by atoms with Crippen LogP contribution in [0.5, 0.6) is 5.75 Å². The summed E-state index contributed by atoms with van der Waals surface area (Å²) in [6.07, 6.45) is 5.05. The molecule has 83 valence electrons. The van der Waals surface area contributed by atoms with Gasteiger partial charge in [-0.15, -0.1) is 0 Å². The Hall–Kier alpha value is -0.980. The first-order valence-electron chi connectivity index (χ1n) is 5.83. The maximum atomic E-state index is 4.92. The van der Waals surface area contributed by atoms with E-state index in [0.717, 1.165) is 5.75 Å². The lowest BCUT2D eigenvalue weighted by atomic mass is 9.90. The van der Waals surface area contributed by atoms with Crippen LogP contribution in [-0.2, 0) is 0 Å². The Morgan fingerprint density at radius 2 is 1.60 bits per heavy atom. The van der Waals surface area contributed by atoms with Gasteiger partial charge < -0.3 is 4.74 Å². The van der Waals surface area contributed by atoms with Crippen molar-refractivity contribution in [3.8, 4) is 5.75 Å². The minimum absolute atomic E-state index is 0.707. The molecular formula is C14H21O. The summed E-state index contributed by atoms with van der Waals surface area (Å²) in [4.78, 5) is 0. The molecule has 0 aliphatic carbocycles. The first-order chi connectivity index (χ1) is 7.31. The summed E-state index contributed by atoms with van der Waals surface area (Å²) >= 11 is 0.